The third-order valence-corrected chi connectivity index (χ3v) is 4.19. The fraction of sp³-hybridized carbons (Fsp3) is 0.438. The van der Waals surface area contributed by atoms with E-state index in [-0.39, 0.29) is 17.6 Å². The quantitative estimate of drug-likeness (QED) is 0.859. The second-order valence-electron chi connectivity index (χ2n) is 5.88. The van der Waals surface area contributed by atoms with Gasteiger partial charge >= 0.3 is 0 Å². The fourth-order valence-electron chi connectivity index (χ4n) is 2.96. The number of imidazole rings is 1. The molecule has 2 N–H and O–H groups in total. The van der Waals surface area contributed by atoms with Crippen LogP contribution in [0.5, 0.6) is 0 Å². The van der Waals surface area contributed by atoms with Crippen LogP contribution < -0.4 is 10.6 Å². The number of furan rings is 1. The van der Waals surface area contributed by atoms with Crippen LogP contribution in [-0.4, -0.2) is 34.5 Å². The first-order chi connectivity index (χ1) is 11.7. The Bertz CT molecular complexity index is 769. The van der Waals surface area contributed by atoms with Crippen LogP contribution in [0.2, 0.25) is 0 Å². The zero-order valence-electron chi connectivity index (χ0n) is 13.1. The van der Waals surface area contributed by atoms with Gasteiger partial charge in [-0.25, -0.2) is 4.98 Å². The van der Waals surface area contributed by atoms with Crippen LogP contribution in [0.4, 0.5) is 0 Å². The van der Waals surface area contributed by atoms with Crippen molar-refractivity contribution in [2.24, 2.45) is 0 Å². The van der Waals surface area contributed by atoms with E-state index in [1.165, 1.54) is 6.07 Å². The lowest BCUT2D eigenvalue weighted by molar-refractivity contribution is 0.0816. The highest BCUT2D eigenvalue weighted by atomic mass is 16.5. The van der Waals surface area contributed by atoms with Gasteiger partial charge in [-0.15, -0.1) is 0 Å². The average Bonchev–Trinajstić information content (AvgIpc) is 3.16. The van der Waals surface area contributed by atoms with Gasteiger partial charge in [0.1, 0.15) is 18.2 Å². The summed E-state index contributed by atoms with van der Waals surface area (Å²) in [6.07, 6.45) is 3.37. The highest BCUT2D eigenvalue weighted by molar-refractivity contribution is 5.99. The second-order valence-corrected chi connectivity index (χ2v) is 5.88. The molecule has 24 heavy (non-hydrogen) atoms. The van der Waals surface area contributed by atoms with E-state index < -0.39 is 0 Å². The third-order valence-electron chi connectivity index (χ3n) is 4.19. The van der Waals surface area contributed by atoms with Crippen LogP contribution >= 0.6 is 0 Å². The lowest BCUT2D eigenvalue weighted by Gasteiger charge is -2.13. The van der Waals surface area contributed by atoms with E-state index in [4.69, 9.17) is 9.15 Å². The van der Waals surface area contributed by atoms with Crippen molar-refractivity contribution in [2.75, 3.05) is 13.2 Å². The van der Waals surface area contributed by atoms with Crippen LogP contribution in [0.15, 0.2) is 16.7 Å². The molecule has 126 valence electrons. The van der Waals surface area contributed by atoms with Gasteiger partial charge in [0.05, 0.1) is 24.4 Å². The summed E-state index contributed by atoms with van der Waals surface area (Å²) < 4.78 is 12.9. The molecular formula is C16H18N4O4. The highest BCUT2D eigenvalue weighted by Crippen LogP contribution is 2.19. The molecule has 4 rings (SSSR count). The molecule has 2 amide bonds. The molecule has 0 aliphatic carbocycles. The summed E-state index contributed by atoms with van der Waals surface area (Å²) in [5.74, 6) is 1.06. The van der Waals surface area contributed by atoms with Crippen molar-refractivity contribution in [2.45, 2.75) is 32.5 Å². The van der Waals surface area contributed by atoms with Crippen molar-refractivity contribution in [1.29, 1.82) is 0 Å². The van der Waals surface area contributed by atoms with Gasteiger partial charge < -0.3 is 24.4 Å². The van der Waals surface area contributed by atoms with Gasteiger partial charge in [0.25, 0.3) is 11.8 Å². The predicted molar refractivity (Wildman–Crippen MR) is 82.4 cm³/mol. The molecule has 4 heterocycles. The summed E-state index contributed by atoms with van der Waals surface area (Å²) in [6.45, 7) is 2.87. The van der Waals surface area contributed by atoms with Crippen LogP contribution in [0.1, 0.15) is 44.6 Å². The molecule has 2 aromatic rings. The Balaban J connectivity index is 1.44. The number of hydrogen-bond acceptors (Lipinski definition) is 5. The minimum absolute atomic E-state index is 0.157. The van der Waals surface area contributed by atoms with Crippen molar-refractivity contribution in [3.63, 3.8) is 0 Å². The number of aryl methyl sites for hydroxylation is 1. The van der Waals surface area contributed by atoms with Gasteiger partial charge in [-0.2, -0.15) is 0 Å². The number of carbonyl (C=O) groups excluding carboxylic acids is 2. The zero-order chi connectivity index (χ0) is 16.5. The molecule has 0 saturated carbocycles. The number of hydrogen-bond donors (Lipinski definition) is 2. The molecule has 0 saturated heterocycles. The third kappa shape index (κ3) is 2.80. The molecule has 0 bridgehead atoms. The van der Waals surface area contributed by atoms with Crippen molar-refractivity contribution in [3.05, 3.63) is 40.9 Å². The van der Waals surface area contributed by atoms with Crippen LogP contribution in [0.3, 0.4) is 0 Å². The molecule has 0 fully saturated rings. The summed E-state index contributed by atoms with van der Waals surface area (Å²) in [4.78, 5) is 28.6. The summed E-state index contributed by atoms with van der Waals surface area (Å²) in [7, 11) is 0. The normalized spacial score (nSPS) is 16.8. The van der Waals surface area contributed by atoms with Gasteiger partial charge in [0.2, 0.25) is 0 Å². The standard InChI is InChI=1S/C16H18N4O4/c21-15-11-6-13(24-12(11)2-1-3-17-15)16(22)18-7-10-8-20-4-5-23-9-14(20)19-10/h6,8H,1-5,7,9H2,(H,17,21)(H,18,22). The first-order valence-corrected chi connectivity index (χ1v) is 8.02. The Morgan fingerprint density at radius 2 is 2.38 bits per heavy atom. The lowest BCUT2D eigenvalue weighted by Crippen LogP contribution is -2.23. The van der Waals surface area contributed by atoms with Crippen LogP contribution in [0.25, 0.3) is 0 Å². The first-order valence-electron chi connectivity index (χ1n) is 8.02. The Labute approximate surface area is 138 Å². The minimum atomic E-state index is -0.349. The van der Waals surface area contributed by atoms with Gasteiger partial charge in [-0.05, 0) is 6.42 Å². The SMILES string of the molecule is O=C(NCc1cn2c(n1)COCC2)c1cc2c(o1)CCCNC2=O. The van der Waals surface area contributed by atoms with Gasteiger partial charge in [0, 0.05) is 31.8 Å². The monoisotopic (exact) mass is 330 g/mol. The Hall–Kier alpha value is -2.61. The average molecular weight is 330 g/mol. The number of carbonyl (C=O) groups is 2. The lowest BCUT2D eigenvalue weighted by atomic mass is 10.2. The minimum Gasteiger partial charge on any atom is -0.455 e. The first kappa shape index (κ1) is 14.9. The highest BCUT2D eigenvalue weighted by Gasteiger charge is 2.23. The Kier molecular flexibility index (Phi) is 3.81. The molecule has 0 spiro atoms. The summed E-state index contributed by atoms with van der Waals surface area (Å²) in [6, 6.07) is 1.51. The molecule has 2 aliphatic rings. The van der Waals surface area contributed by atoms with E-state index in [1.807, 2.05) is 10.8 Å². The van der Waals surface area contributed by atoms with Crippen molar-refractivity contribution >= 4 is 11.8 Å². The fourth-order valence-corrected chi connectivity index (χ4v) is 2.96. The Morgan fingerprint density at radius 1 is 1.46 bits per heavy atom. The molecule has 2 aromatic heterocycles. The summed E-state index contributed by atoms with van der Waals surface area (Å²) >= 11 is 0. The number of amides is 2. The van der Waals surface area contributed by atoms with Gasteiger partial charge in [-0.3, -0.25) is 9.59 Å². The number of aromatic nitrogens is 2. The number of nitrogens with one attached hydrogen (secondary N) is 2. The van der Waals surface area contributed by atoms with Crippen molar-refractivity contribution in [1.82, 2.24) is 20.2 Å². The van der Waals surface area contributed by atoms with Gasteiger partial charge in [-0.1, -0.05) is 0 Å². The number of nitrogens with zero attached hydrogens (tertiary/aromatic N) is 2. The maximum atomic E-state index is 12.3. The van der Waals surface area contributed by atoms with E-state index in [1.54, 1.807) is 0 Å². The number of ether oxygens (including phenoxy) is 1. The molecule has 0 aromatic carbocycles. The predicted octanol–water partition coefficient (Wildman–Crippen LogP) is 0.612. The van der Waals surface area contributed by atoms with E-state index in [0.29, 0.717) is 44.0 Å². The molecule has 0 unspecified atom stereocenters. The summed E-state index contributed by atoms with van der Waals surface area (Å²) in [5, 5.41) is 5.57. The molecule has 8 nitrogen and oxygen atoms in total. The van der Waals surface area contributed by atoms with Gasteiger partial charge in [0.15, 0.2) is 5.76 Å². The maximum Gasteiger partial charge on any atom is 0.287 e. The van der Waals surface area contributed by atoms with Crippen molar-refractivity contribution < 1.29 is 18.7 Å². The maximum absolute atomic E-state index is 12.3. The van der Waals surface area contributed by atoms with Crippen LogP contribution in [0, 0.1) is 0 Å². The zero-order valence-corrected chi connectivity index (χ0v) is 13.1. The van der Waals surface area contributed by atoms with E-state index in [9.17, 15) is 9.59 Å². The van der Waals surface area contributed by atoms with Crippen LogP contribution in [-0.2, 0) is 30.9 Å². The smallest absolute Gasteiger partial charge is 0.287 e. The largest absolute Gasteiger partial charge is 0.455 e. The van der Waals surface area contributed by atoms with E-state index in [2.05, 4.69) is 15.6 Å². The molecule has 2 aliphatic heterocycles. The molecule has 0 atom stereocenters. The molecule has 8 heteroatoms. The second kappa shape index (κ2) is 6.12. The van der Waals surface area contributed by atoms with E-state index in [0.717, 1.165) is 24.5 Å². The van der Waals surface area contributed by atoms with Crippen molar-refractivity contribution in [3.8, 4) is 0 Å². The Morgan fingerprint density at radius 3 is 3.25 bits per heavy atom. The number of fused-ring (bicyclic) bond motifs is 2. The topological polar surface area (TPSA) is 98.4 Å². The van der Waals surface area contributed by atoms with E-state index >= 15 is 0 Å². The number of rotatable bonds is 3. The molecule has 0 radical (unpaired) electrons. The molecular weight excluding hydrogens is 312 g/mol. The summed E-state index contributed by atoms with van der Waals surface area (Å²) in [5.41, 5.74) is 1.22.